The molecular formula is C16H12F3NO2S. The Hall–Kier alpha value is -2.46. The fraction of sp³-hybridized carbons (Fsp3) is 0.188. The van der Waals surface area contributed by atoms with Crippen molar-refractivity contribution >= 4 is 17.2 Å². The van der Waals surface area contributed by atoms with Gasteiger partial charge in [-0.3, -0.25) is 4.79 Å². The Bertz CT molecular complexity index is 715. The average Bonchev–Trinajstić information content (AvgIpc) is 3.04. The van der Waals surface area contributed by atoms with Crippen LogP contribution in [-0.2, 0) is 6.18 Å². The van der Waals surface area contributed by atoms with E-state index in [-0.39, 0.29) is 24.8 Å². The van der Waals surface area contributed by atoms with Crippen molar-refractivity contribution in [2.75, 3.05) is 13.2 Å². The lowest BCUT2D eigenvalue weighted by atomic mass is 10.2. The molecule has 0 aliphatic carbocycles. The van der Waals surface area contributed by atoms with E-state index < -0.39 is 11.7 Å². The molecule has 0 unspecified atom stereocenters. The number of thiophene rings is 1. The first-order valence-electron chi connectivity index (χ1n) is 6.53. The van der Waals surface area contributed by atoms with E-state index in [1.165, 1.54) is 23.5 Å². The lowest BCUT2D eigenvalue weighted by Gasteiger charge is -2.08. The maximum Gasteiger partial charge on any atom is 0.416 e. The van der Waals surface area contributed by atoms with Crippen molar-refractivity contribution < 1.29 is 22.7 Å². The highest BCUT2D eigenvalue weighted by atomic mass is 32.1. The minimum absolute atomic E-state index is 0.0599. The molecule has 2 rings (SSSR count). The number of ether oxygens (including phenoxy) is 1. The molecule has 0 spiro atoms. The number of carbonyl (C=O) groups is 1. The molecule has 1 N–H and O–H groups in total. The first-order valence-corrected chi connectivity index (χ1v) is 7.47. The molecule has 3 nitrogen and oxygen atoms in total. The number of hydrogen-bond donors (Lipinski definition) is 1. The predicted octanol–water partition coefficient (Wildman–Crippen LogP) is 3.58. The van der Waals surface area contributed by atoms with Gasteiger partial charge in [0, 0.05) is 5.38 Å². The normalized spacial score (nSPS) is 10.6. The Kier molecular flexibility index (Phi) is 5.66. The van der Waals surface area contributed by atoms with Gasteiger partial charge in [-0.2, -0.15) is 24.5 Å². The third kappa shape index (κ3) is 5.34. The third-order valence-electron chi connectivity index (χ3n) is 2.72. The van der Waals surface area contributed by atoms with Gasteiger partial charge in [0.15, 0.2) is 0 Å². The Morgan fingerprint density at radius 2 is 2.09 bits per heavy atom. The maximum absolute atomic E-state index is 12.5. The van der Waals surface area contributed by atoms with E-state index in [9.17, 15) is 18.0 Å². The molecule has 1 aromatic carbocycles. The van der Waals surface area contributed by atoms with Crippen molar-refractivity contribution in [3.63, 3.8) is 0 Å². The van der Waals surface area contributed by atoms with Gasteiger partial charge in [0.25, 0.3) is 5.91 Å². The van der Waals surface area contributed by atoms with Crippen molar-refractivity contribution in [3.05, 3.63) is 52.2 Å². The van der Waals surface area contributed by atoms with Crippen LogP contribution in [0, 0.1) is 11.8 Å². The van der Waals surface area contributed by atoms with E-state index in [0.717, 1.165) is 12.1 Å². The molecule has 23 heavy (non-hydrogen) atoms. The SMILES string of the molecule is O=C(NCC#CCOc1cccc(C(F)(F)F)c1)c1ccsc1. The molecule has 7 heteroatoms. The number of benzene rings is 1. The summed E-state index contributed by atoms with van der Waals surface area (Å²) in [5.41, 5.74) is -0.206. The van der Waals surface area contributed by atoms with Crippen LogP contribution >= 0.6 is 11.3 Å². The van der Waals surface area contributed by atoms with E-state index >= 15 is 0 Å². The van der Waals surface area contributed by atoms with Crippen LogP contribution in [0.5, 0.6) is 5.75 Å². The molecule has 1 heterocycles. The Labute approximate surface area is 135 Å². The summed E-state index contributed by atoms with van der Waals surface area (Å²) in [6.07, 6.45) is -4.41. The number of alkyl halides is 3. The highest BCUT2D eigenvalue weighted by Crippen LogP contribution is 2.31. The topological polar surface area (TPSA) is 38.3 Å². The van der Waals surface area contributed by atoms with Crippen molar-refractivity contribution in [1.29, 1.82) is 0 Å². The quantitative estimate of drug-likeness (QED) is 0.865. The second-order valence-electron chi connectivity index (χ2n) is 4.36. The van der Waals surface area contributed by atoms with Gasteiger partial charge in [0.2, 0.25) is 0 Å². The van der Waals surface area contributed by atoms with Gasteiger partial charge in [-0.05, 0) is 29.6 Å². The average molecular weight is 339 g/mol. The highest BCUT2D eigenvalue weighted by molar-refractivity contribution is 7.08. The van der Waals surface area contributed by atoms with Gasteiger partial charge in [-0.25, -0.2) is 0 Å². The summed E-state index contributed by atoms with van der Waals surface area (Å²) in [5.74, 6) is 5.17. The van der Waals surface area contributed by atoms with Crippen molar-refractivity contribution in [3.8, 4) is 17.6 Å². The molecular weight excluding hydrogens is 327 g/mol. The van der Waals surface area contributed by atoms with E-state index in [2.05, 4.69) is 17.2 Å². The molecule has 0 saturated heterocycles. The lowest BCUT2D eigenvalue weighted by Crippen LogP contribution is -2.23. The number of rotatable bonds is 4. The standard InChI is InChI=1S/C16H12F3NO2S/c17-16(18,19)13-4-3-5-14(10-13)22-8-2-1-7-20-15(21)12-6-9-23-11-12/h3-6,9-11H,7-8H2,(H,20,21). The fourth-order valence-corrected chi connectivity index (χ4v) is 2.25. The van der Waals surface area contributed by atoms with Crippen molar-refractivity contribution in [1.82, 2.24) is 5.32 Å². The lowest BCUT2D eigenvalue weighted by molar-refractivity contribution is -0.137. The Balaban J connectivity index is 1.77. The van der Waals surface area contributed by atoms with Gasteiger partial charge in [-0.1, -0.05) is 17.9 Å². The Morgan fingerprint density at radius 3 is 2.78 bits per heavy atom. The predicted molar refractivity (Wildman–Crippen MR) is 81.4 cm³/mol. The molecule has 0 radical (unpaired) electrons. The van der Waals surface area contributed by atoms with Crippen LogP contribution in [0.1, 0.15) is 15.9 Å². The van der Waals surface area contributed by atoms with Crippen LogP contribution in [-0.4, -0.2) is 19.1 Å². The van der Waals surface area contributed by atoms with Crippen LogP contribution < -0.4 is 10.1 Å². The largest absolute Gasteiger partial charge is 0.481 e. The summed E-state index contributed by atoms with van der Waals surface area (Å²) in [4.78, 5) is 11.6. The summed E-state index contributed by atoms with van der Waals surface area (Å²) in [5, 5.41) is 6.12. The molecule has 0 aliphatic rings. The summed E-state index contributed by atoms with van der Waals surface area (Å²) in [6.45, 7) is 0.0796. The minimum atomic E-state index is -4.41. The van der Waals surface area contributed by atoms with Crippen LogP contribution in [0.3, 0.4) is 0 Å². The molecule has 2 aromatic rings. The summed E-state index contributed by atoms with van der Waals surface area (Å²) < 4.78 is 42.7. The molecule has 0 fully saturated rings. The molecule has 0 bridgehead atoms. The molecule has 0 aliphatic heterocycles. The highest BCUT2D eigenvalue weighted by Gasteiger charge is 2.30. The van der Waals surface area contributed by atoms with Crippen LogP contribution in [0.4, 0.5) is 13.2 Å². The maximum atomic E-state index is 12.5. The van der Waals surface area contributed by atoms with Crippen molar-refractivity contribution in [2.24, 2.45) is 0 Å². The molecule has 1 amide bonds. The first-order chi connectivity index (χ1) is 11.0. The zero-order chi connectivity index (χ0) is 16.7. The van der Waals surface area contributed by atoms with E-state index in [1.54, 1.807) is 16.8 Å². The second-order valence-corrected chi connectivity index (χ2v) is 5.14. The number of amides is 1. The van der Waals surface area contributed by atoms with Crippen LogP contribution in [0.2, 0.25) is 0 Å². The fourth-order valence-electron chi connectivity index (χ4n) is 1.62. The number of carbonyl (C=O) groups excluding carboxylic acids is 1. The van der Waals surface area contributed by atoms with Crippen LogP contribution in [0.25, 0.3) is 0 Å². The van der Waals surface area contributed by atoms with Gasteiger partial charge in [-0.15, -0.1) is 0 Å². The first kappa shape index (κ1) is 16.9. The number of halogens is 3. The van der Waals surface area contributed by atoms with Crippen molar-refractivity contribution in [2.45, 2.75) is 6.18 Å². The summed E-state index contributed by atoms with van der Waals surface area (Å²) in [7, 11) is 0. The molecule has 0 saturated carbocycles. The van der Waals surface area contributed by atoms with Crippen LogP contribution in [0.15, 0.2) is 41.1 Å². The van der Waals surface area contributed by atoms with Gasteiger partial charge >= 0.3 is 6.18 Å². The summed E-state index contributed by atoms with van der Waals surface area (Å²) >= 11 is 1.42. The summed E-state index contributed by atoms with van der Waals surface area (Å²) in [6, 6.07) is 6.28. The number of hydrogen-bond acceptors (Lipinski definition) is 3. The number of nitrogens with one attached hydrogen (secondary N) is 1. The Morgan fingerprint density at radius 1 is 1.26 bits per heavy atom. The van der Waals surface area contributed by atoms with E-state index in [4.69, 9.17) is 4.74 Å². The molecule has 0 atom stereocenters. The molecule has 1 aromatic heterocycles. The zero-order valence-electron chi connectivity index (χ0n) is 11.8. The minimum Gasteiger partial charge on any atom is -0.481 e. The van der Waals surface area contributed by atoms with E-state index in [0.29, 0.717) is 5.56 Å². The zero-order valence-corrected chi connectivity index (χ0v) is 12.6. The van der Waals surface area contributed by atoms with Gasteiger partial charge < -0.3 is 10.1 Å². The second kappa shape index (κ2) is 7.70. The van der Waals surface area contributed by atoms with Gasteiger partial charge in [0.05, 0.1) is 17.7 Å². The van der Waals surface area contributed by atoms with E-state index in [1.807, 2.05) is 0 Å². The smallest absolute Gasteiger partial charge is 0.416 e. The molecule has 120 valence electrons. The monoisotopic (exact) mass is 339 g/mol. The van der Waals surface area contributed by atoms with Gasteiger partial charge in [0.1, 0.15) is 12.4 Å². The third-order valence-corrected chi connectivity index (χ3v) is 3.40.